The first kappa shape index (κ1) is 19.4. The van der Waals surface area contributed by atoms with Gasteiger partial charge in [0.15, 0.2) is 5.78 Å². The summed E-state index contributed by atoms with van der Waals surface area (Å²) in [5, 5.41) is 13.5. The molecular weight excluding hydrogens is 390 g/mol. The number of pyridine rings is 1. The van der Waals surface area contributed by atoms with Gasteiger partial charge in [-0.05, 0) is 30.7 Å². The van der Waals surface area contributed by atoms with Crippen molar-refractivity contribution in [2.24, 2.45) is 0 Å². The number of anilines is 1. The number of phenolic OH excluding ortho intramolecular Hbond substituents is 1. The molecule has 0 fully saturated rings. The maximum Gasteiger partial charge on any atom is 0.238 e. The number of phenols is 1. The minimum absolute atomic E-state index is 0.00258. The molecule has 7 heteroatoms. The van der Waals surface area contributed by atoms with Crippen molar-refractivity contribution in [3.05, 3.63) is 64.3 Å². The number of nitrogens with zero attached hydrogens (tertiary/aromatic N) is 2. The van der Waals surface area contributed by atoms with Gasteiger partial charge in [0, 0.05) is 47.9 Å². The van der Waals surface area contributed by atoms with E-state index in [1.54, 1.807) is 13.0 Å². The van der Waals surface area contributed by atoms with Gasteiger partial charge in [-0.15, -0.1) is 0 Å². The predicted molar refractivity (Wildman–Crippen MR) is 112 cm³/mol. The Morgan fingerprint density at radius 2 is 2.03 bits per heavy atom. The second kappa shape index (κ2) is 7.81. The molecule has 0 bridgehead atoms. The molecule has 148 valence electrons. The predicted octanol–water partition coefficient (Wildman–Crippen LogP) is 3.79. The van der Waals surface area contributed by atoms with Crippen molar-refractivity contribution in [2.45, 2.75) is 19.9 Å². The number of benzene rings is 2. The van der Waals surface area contributed by atoms with Crippen molar-refractivity contribution < 1.29 is 14.7 Å². The van der Waals surface area contributed by atoms with Crippen LogP contribution in [0, 0.1) is 0 Å². The lowest BCUT2D eigenvalue weighted by Gasteiger charge is -2.29. The molecule has 1 aliphatic rings. The Hall–Kier alpha value is -2.96. The van der Waals surface area contributed by atoms with Crippen LogP contribution < -0.4 is 5.32 Å². The maximum atomic E-state index is 12.5. The minimum Gasteiger partial charge on any atom is -0.506 e. The Morgan fingerprint density at radius 3 is 2.79 bits per heavy atom. The zero-order chi connectivity index (χ0) is 20.5. The number of Topliss-reactive ketones (excluding diaryl/α,β-unsaturated/α-hetero) is 1. The largest absolute Gasteiger partial charge is 0.506 e. The quantitative estimate of drug-likeness (QED) is 0.640. The molecule has 2 N–H and O–H groups in total. The summed E-state index contributed by atoms with van der Waals surface area (Å²) >= 11 is 5.80. The Kier molecular flexibility index (Phi) is 5.22. The number of rotatable bonds is 4. The monoisotopic (exact) mass is 409 g/mol. The van der Waals surface area contributed by atoms with E-state index < -0.39 is 0 Å². The molecule has 6 nitrogen and oxygen atoms in total. The highest BCUT2D eigenvalue weighted by Crippen LogP contribution is 2.29. The molecule has 29 heavy (non-hydrogen) atoms. The maximum absolute atomic E-state index is 12.5. The summed E-state index contributed by atoms with van der Waals surface area (Å²) in [4.78, 5) is 31.6. The van der Waals surface area contributed by atoms with Gasteiger partial charge >= 0.3 is 0 Å². The van der Waals surface area contributed by atoms with Crippen molar-refractivity contribution in [1.29, 1.82) is 0 Å². The van der Waals surface area contributed by atoms with Crippen LogP contribution in [-0.2, 0) is 17.8 Å². The fourth-order valence-corrected chi connectivity index (χ4v) is 3.89. The molecule has 1 amide bonds. The average Bonchev–Trinajstić information content (AvgIpc) is 2.68. The van der Waals surface area contributed by atoms with E-state index in [1.807, 2.05) is 29.2 Å². The Labute approximate surface area is 173 Å². The number of aromatic nitrogens is 1. The number of aromatic hydroxyl groups is 1. The number of hydrogen-bond donors (Lipinski definition) is 2. The fraction of sp³-hybridized carbons (Fsp3) is 0.227. The van der Waals surface area contributed by atoms with Gasteiger partial charge in [-0.3, -0.25) is 19.5 Å². The third-order valence-electron chi connectivity index (χ3n) is 5.07. The number of carbonyl (C=O) groups is 2. The molecule has 0 unspecified atom stereocenters. The SMILES string of the molecule is CC(=O)c1c2c(nc3ccccc13)CCN(CC(=O)Nc1ccc(Cl)c(O)c1)C2. The van der Waals surface area contributed by atoms with E-state index in [4.69, 9.17) is 16.6 Å². The molecule has 2 heterocycles. The molecule has 0 aliphatic carbocycles. The smallest absolute Gasteiger partial charge is 0.238 e. The highest BCUT2D eigenvalue weighted by Gasteiger charge is 2.25. The topological polar surface area (TPSA) is 82.5 Å². The van der Waals surface area contributed by atoms with Gasteiger partial charge in [-0.2, -0.15) is 0 Å². The number of fused-ring (bicyclic) bond motifs is 2. The van der Waals surface area contributed by atoms with Crippen LogP contribution in [0.3, 0.4) is 0 Å². The van der Waals surface area contributed by atoms with Crippen LogP contribution in [0.4, 0.5) is 5.69 Å². The van der Waals surface area contributed by atoms with Crippen molar-refractivity contribution in [1.82, 2.24) is 9.88 Å². The summed E-state index contributed by atoms with van der Waals surface area (Å²) < 4.78 is 0. The van der Waals surface area contributed by atoms with Crippen LogP contribution in [-0.4, -0.2) is 39.8 Å². The summed E-state index contributed by atoms with van der Waals surface area (Å²) in [5.74, 6) is -0.281. The van der Waals surface area contributed by atoms with E-state index in [9.17, 15) is 14.7 Å². The summed E-state index contributed by atoms with van der Waals surface area (Å²) in [7, 11) is 0. The minimum atomic E-state index is -0.201. The third kappa shape index (κ3) is 3.95. The van der Waals surface area contributed by atoms with Crippen molar-refractivity contribution >= 4 is 39.9 Å². The summed E-state index contributed by atoms with van der Waals surface area (Å²) in [6.45, 7) is 2.91. The normalized spacial score (nSPS) is 13.9. The van der Waals surface area contributed by atoms with Gasteiger partial charge in [0.2, 0.25) is 5.91 Å². The van der Waals surface area contributed by atoms with Crippen molar-refractivity contribution in [2.75, 3.05) is 18.4 Å². The van der Waals surface area contributed by atoms with E-state index in [0.717, 1.165) is 22.2 Å². The van der Waals surface area contributed by atoms with E-state index in [1.165, 1.54) is 12.1 Å². The number of nitrogens with one attached hydrogen (secondary N) is 1. The zero-order valence-electron chi connectivity index (χ0n) is 15.9. The van der Waals surface area contributed by atoms with Gasteiger partial charge in [-0.1, -0.05) is 29.8 Å². The first-order valence-electron chi connectivity index (χ1n) is 9.34. The Bertz CT molecular complexity index is 1130. The second-order valence-corrected chi connectivity index (χ2v) is 7.57. The van der Waals surface area contributed by atoms with Gasteiger partial charge in [0.25, 0.3) is 0 Å². The molecule has 3 aromatic rings. The highest BCUT2D eigenvalue weighted by atomic mass is 35.5. The lowest BCUT2D eigenvalue weighted by molar-refractivity contribution is -0.117. The second-order valence-electron chi connectivity index (χ2n) is 7.16. The van der Waals surface area contributed by atoms with E-state index in [2.05, 4.69) is 5.32 Å². The molecule has 0 spiro atoms. The Balaban J connectivity index is 1.55. The molecule has 0 saturated heterocycles. The Morgan fingerprint density at radius 1 is 1.24 bits per heavy atom. The third-order valence-corrected chi connectivity index (χ3v) is 5.39. The standard InChI is InChI=1S/C22H20ClN3O3/c1-13(27)22-15-4-2-3-5-18(15)25-19-8-9-26(11-16(19)22)12-21(29)24-14-6-7-17(23)20(28)10-14/h2-7,10,28H,8-9,11-12H2,1H3,(H,24,29). The van der Waals surface area contributed by atoms with Gasteiger partial charge in [0.05, 0.1) is 17.1 Å². The molecule has 1 aromatic heterocycles. The van der Waals surface area contributed by atoms with E-state index in [0.29, 0.717) is 30.8 Å². The number of hydrogen-bond acceptors (Lipinski definition) is 5. The van der Waals surface area contributed by atoms with Crippen LogP contribution in [0.5, 0.6) is 5.75 Å². The van der Waals surface area contributed by atoms with Gasteiger partial charge < -0.3 is 10.4 Å². The molecule has 0 saturated carbocycles. The van der Waals surface area contributed by atoms with Crippen LogP contribution in [0.25, 0.3) is 10.9 Å². The zero-order valence-corrected chi connectivity index (χ0v) is 16.7. The lowest BCUT2D eigenvalue weighted by Crippen LogP contribution is -2.38. The number of halogens is 1. The number of ketones is 1. The highest BCUT2D eigenvalue weighted by molar-refractivity contribution is 6.32. The van der Waals surface area contributed by atoms with Crippen LogP contribution >= 0.6 is 11.6 Å². The first-order valence-corrected chi connectivity index (χ1v) is 9.72. The summed E-state index contributed by atoms with van der Waals surface area (Å²) in [6, 6.07) is 12.2. The number of amides is 1. The number of para-hydroxylation sites is 1. The molecule has 0 radical (unpaired) electrons. The molecule has 1 aliphatic heterocycles. The van der Waals surface area contributed by atoms with Gasteiger partial charge in [-0.25, -0.2) is 0 Å². The fourth-order valence-electron chi connectivity index (χ4n) is 3.78. The molecule has 0 atom stereocenters. The summed E-state index contributed by atoms with van der Waals surface area (Å²) in [5.41, 5.74) is 3.82. The van der Waals surface area contributed by atoms with Crippen molar-refractivity contribution in [3.63, 3.8) is 0 Å². The molecule has 2 aromatic carbocycles. The van der Waals surface area contributed by atoms with Crippen LogP contribution in [0.1, 0.15) is 28.5 Å². The average molecular weight is 410 g/mol. The van der Waals surface area contributed by atoms with Gasteiger partial charge in [0.1, 0.15) is 5.75 Å². The lowest BCUT2D eigenvalue weighted by atomic mass is 9.93. The first-order chi connectivity index (χ1) is 13.9. The molecular formula is C22H20ClN3O3. The van der Waals surface area contributed by atoms with E-state index in [-0.39, 0.29) is 29.0 Å². The van der Waals surface area contributed by atoms with E-state index >= 15 is 0 Å². The van der Waals surface area contributed by atoms with Crippen LogP contribution in [0.2, 0.25) is 5.02 Å². The summed E-state index contributed by atoms with van der Waals surface area (Å²) in [6.07, 6.45) is 0.676. The number of carbonyl (C=O) groups excluding carboxylic acids is 2. The van der Waals surface area contributed by atoms with Crippen molar-refractivity contribution in [3.8, 4) is 5.75 Å². The van der Waals surface area contributed by atoms with Crippen LogP contribution in [0.15, 0.2) is 42.5 Å². The molecule has 4 rings (SSSR count).